The minimum absolute atomic E-state index is 0.291. The highest BCUT2D eigenvalue weighted by atomic mass is 32.1. The van der Waals surface area contributed by atoms with Crippen molar-refractivity contribution in [3.8, 4) is 11.4 Å². The van der Waals surface area contributed by atoms with Crippen LogP contribution in [0.1, 0.15) is 0 Å². The third-order valence-corrected chi connectivity index (χ3v) is 2.78. The van der Waals surface area contributed by atoms with Crippen LogP contribution in [0.5, 0.6) is 0 Å². The van der Waals surface area contributed by atoms with Crippen molar-refractivity contribution in [1.29, 1.82) is 0 Å². The summed E-state index contributed by atoms with van der Waals surface area (Å²) in [4.78, 5) is 0. The van der Waals surface area contributed by atoms with E-state index in [1.165, 1.54) is 6.07 Å². The van der Waals surface area contributed by atoms with Crippen molar-refractivity contribution in [2.45, 2.75) is 0 Å². The molecule has 1 heterocycles. The van der Waals surface area contributed by atoms with Gasteiger partial charge in [0, 0.05) is 14.1 Å². The molecule has 15 heavy (non-hydrogen) atoms. The van der Waals surface area contributed by atoms with Gasteiger partial charge in [-0.05, 0) is 24.4 Å². The van der Waals surface area contributed by atoms with Crippen molar-refractivity contribution in [3.05, 3.63) is 34.9 Å². The summed E-state index contributed by atoms with van der Waals surface area (Å²) in [6.07, 6.45) is 0. The van der Waals surface area contributed by atoms with Gasteiger partial charge in [-0.2, -0.15) is 5.10 Å². The predicted molar refractivity (Wildman–Crippen MR) is 58.4 cm³/mol. The van der Waals surface area contributed by atoms with Crippen LogP contribution in [-0.2, 0) is 14.1 Å². The standard InChI is InChI=1S/C10H10FN3S/c1-13-9(12-14(2)10(13)15)7-5-3-4-6-8(7)11/h3-6H,1-2H3. The van der Waals surface area contributed by atoms with Crippen LogP contribution < -0.4 is 0 Å². The van der Waals surface area contributed by atoms with E-state index in [1.807, 2.05) is 0 Å². The molecule has 0 radical (unpaired) electrons. The van der Waals surface area contributed by atoms with Crippen molar-refractivity contribution in [3.63, 3.8) is 0 Å². The average Bonchev–Trinajstić information content (AvgIpc) is 2.47. The zero-order valence-corrected chi connectivity index (χ0v) is 9.25. The average molecular weight is 223 g/mol. The quantitative estimate of drug-likeness (QED) is 0.692. The second-order valence-electron chi connectivity index (χ2n) is 3.27. The van der Waals surface area contributed by atoms with Gasteiger partial charge < -0.3 is 4.57 Å². The first-order chi connectivity index (χ1) is 7.11. The summed E-state index contributed by atoms with van der Waals surface area (Å²) in [5.74, 6) is 0.252. The first-order valence-corrected chi connectivity index (χ1v) is 4.87. The van der Waals surface area contributed by atoms with Gasteiger partial charge in [0.1, 0.15) is 5.82 Å². The molecule has 3 nitrogen and oxygen atoms in total. The van der Waals surface area contributed by atoms with E-state index in [4.69, 9.17) is 12.2 Å². The second kappa shape index (κ2) is 3.58. The molecule has 0 N–H and O–H groups in total. The van der Waals surface area contributed by atoms with Gasteiger partial charge in [-0.1, -0.05) is 12.1 Å². The van der Waals surface area contributed by atoms with E-state index in [1.54, 1.807) is 41.5 Å². The van der Waals surface area contributed by atoms with Crippen molar-refractivity contribution in [1.82, 2.24) is 14.3 Å². The summed E-state index contributed by atoms with van der Waals surface area (Å²) in [6, 6.07) is 6.52. The molecule has 0 bridgehead atoms. The van der Waals surface area contributed by atoms with E-state index >= 15 is 0 Å². The smallest absolute Gasteiger partial charge is 0.197 e. The molecular formula is C10H10FN3S. The normalized spacial score (nSPS) is 10.6. The molecule has 0 spiro atoms. The second-order valence-corrected chi connectivity index (χ2v) is 3.63. The number of aromatic nitrogens is 3. The van der Waals surface area contributed by atoms with Gasteiger partial charge in [-0.15, -0.1) is 0 Å². The fourth-order valence-electron chi connectivity index (χ4n) is 1.44. The van der Waals surface area contributed by atoms with E-state index in [0.29, 0.717) is 16.2 Å². The van der Waals surface area contributed by atoms with Crippen LogP contribution in [0.4, 0.5) is 4.39 Å². The van der Waals surface area contributed by atoms with Crippen LogP contribution in [0.2, 0.25) is 0 Å². The Labute approximate surface area is 91.8 Å². The summed E-state index contributed by atoms with van der Waals surface area (Å²) in [5.41, 5.74) is 0.465. The molecule has 1 aromatic heterocycles. The van der Waals surface area contributed by atoms with Gasteiger partial charge in [-0.25, -0.2) is 9.07 Å². The Hall–Kier alpha value is -1.49. The molecule has 0 aliphatic carbocycles. The first kappa shape index (κ1) is 10.0. The number of hydrogen-bond donors (Lipinski definition) is 0. The topological polar surface area (TPSA) is 22.8 Å². The number of halogens is 1. The van der Waals surface area contributed by atoms with Gasteiger partial charge >= 0.3 is 0 Å². The molecule has 78 valence electrons. The van der Waals surface area contributed by atoms with Crippen molar-refractivity contribution < 1.29 is 4.39 Å². The summed E-state index contributed by atoms with van der Waals surface area (Å²) < 4.78 is 17.3. The molecule has 0 aliphatic heterocycles. The first-order valence-electron chi connectivity index (χ1n) is 4.46. The van der Waals surface area contributed by atoms with E-state index in [-0.39, 0.29) is 5.82 Å². The van der Waals surface area contributed by atoms with Gasteiger partial charge in [0.05, 0.1) is 5.56 Å². The zero-order valence-electron chi connectivity index (χ0n) is 8.44. The van der Waals surface area contributed by atoms with E-state index < -0.39 is 0 Å². The SMILES string of the molecule is Cn1nc(-c2ccccc2F)n(C)c1=S. The molecule has 0 amide bonds. The van der Waals surface area contributed by atoms with E-state index in [9.17, 15) is 4.39 Å². The van der Waals surface area contributed by atoms with Crippen LogP contribution in [0.15, 0.2) is 24.3 Å². The maximum absolute atomic E-state index is 13.5. The monoisotopic (exact) mass is 223 g/mol. The van der Waals surface area contributed by atoms with Gasteiger partial charge in [0.2, 0.25) is 0 Å². The Bertz CT molecular complexity index is 556. The molecule has 0 saturated carbocycles. The number of aryl methyl sites for hydroxylation is 1. The molecule has 0 unspecified atom stereocenters. The lowest BCUT2D eigenvalue weighted by atomic mass is 10.2. The Morgan fingerprint density at radius 2 is 1.93 bits per heavy atom. The molecule has 0 fully saturated rings. The molecule has 0 aliphatic rings. The maximum Gasteiger partial charge on any atom is 0.197 e. The Morgan fingerprint density at radius 1 is 1.27 bits per heavy atom. The highest BCUT2D eigenvalue weighted by Gasteiger charge is 2.11. The highest BCUT2D eigenvalue weighted by molar-refractivity contribution is 7.71. The molecular weight excluding hydrogens is 213 g/mol. The summed E-state index contributed by atoms with van der Waals surface area (Å²) in [6.45, 7) is 0. The van der Waals surface area contributed by atoms with E-state index in [2.05, 4.69) is 5.10 Å². The zero-order chi connectivity index (χ0) is 11.0. The van der Waals surface area contributed by atoms with Gasteiger partial charge in [0.15, 0.2) is 10.6 Å². The Morgan fingerprint density at radius 3 is 2.47 bits per heavy atom. The number of nitrogens with zero attached hydrogens (tertiary/aromatic N) is 3. The summed E-state index contributed by atoms with van der Waals surface area (Å²) in [7, 11) is 3.52. The van der Waals surface area contributed by atoms with Gasteiger partial charge in [-0.3, -0.25) is 0 Å². The Kier molecular flexibility index (Phi) is 2.40. The van der Waals surface area contributed by atoms with Crippen molar-refractivity contribution in [2.24, 2.45) is 14.1 Å². The molecule has 2 rings (SSSR count). The fraction of sp³-hybridized carbons (Fsp3) is 0.200. The lowest BCUT2D eigenvalue weighted by Gasteiger charge is -2.00. The third kappa shape index (κ3) is 1.59. The maximum atomic E-state index is 13.5. The molecule has 2 aromatic rings. The van der Waals surface area contributed by atoms with Crippen LogP contribution in [0, 0.1) is 10.6 Å². The predicted octanol–water partition coefficient (Wildman–Crippen LogP) is 2.29. The molecule has 0 atom stereocenters. The van der Waals surface area contributed by atoms with Crippen LogP contribution >= 0.6 is 12.2 Å². The van der Waals surface area contributed by atoms with Crippen molar-refractivity contribution >= 4 is 12.2 Å². The Balaban J connectivity index is 2.70. The van der Waals surface area contributed by atoms with Crippen molar-refractivity contribution in [2.75, 3.05) is 0 Å². The van der Waals surface area contributed by atoms with Crippen LogP contribution in [-0.4, -0.2) is 14.3 Å². The minimum atomic E-state index is -0.291. The number of hydrogen-bond acceptors (Lipinski definition) is 2. The molecule has 0 saturated heterocycles. The highest BCUT2D eigenvalue weighted by Crippen LogP contribution is 2.19. The van der Waals surface area contributed by atoms with Crippen LogP contribution in [0.25, 0.3) is 11.4 Å². The van der Waals surface area contributed by atoms with E-state index in [0.717, 1.165) is 0 Å². The fourth-order valence-corrected chi connectivity index (χ4v) is 1.56. The molecule has 5 heteroatoms. The minimum Gasteiger partial charge on any atom is -0.303 e. The lowest BCUT2D eigenvalue weighted by molar-refractivity contribution is 0.628. The molecule has 1 aromatic carbocycles. The largest absolute Gasteiger partial charge is 0.303 e. The lowest BCUT2D eigenvalue weighted by Crippen LogP contribution is -1.94. The third-order valence-electron chi connectivity index (χ3n) is 2.24. The number of benzene rings is 1. The number of rotatable bonds is 1. The van der Waals surface area contributed by atoms with Crippen LogP contribution in [0.3, 0.4) is 0 Å². The summed E-state index contributed by atoms with van der Waals surface area (Å²) in [5, 5.41) is 4.18. The summed E-state index contributed by atoms with van der Waals surface area (Å²) >= 11 is 5.10. The van der Waals surface area contributed by atoms with Gasteiger partial charge in [0.25, 0.3) is 0 Å².